The molecule has 1 amide bonds. The molecule has 0 radical (unpaired) electrons. The topological polar surface area (TPSA) is 54.9 Å². The number of para-hydroxylation sites is 2. The lowest BCUT2D eigenvalue weighted by molar-refractivity contribution is 0.0746. The van der Waals surface area contributed by atoms with E-state index in [9.17, 15) is 4.79 Å². The van der Waals surface area contributed by atoms with Crippen LogP contribution in [0.5, 0.6) is 11.5 Å². The van der Waals surface area contributed by atoms with Gasteiger partial charge in [0, 0.05) is 43.0 Å². The Hall–Kier alpha value is -3.06. The Kier molecular flexibility index (Phi) is 5.99. The molecule has 3 aromatic rings. The number of rotatable bonds is 7. The monoisotopic (exact) mass is 449 g/mol. The number of piperazine rings is 1. The Bertz CT molecular complexity index is 1070. The number of thiazole rings is 1. The zero-order valence-corrected chi connectivity index (χ0v) is 19.0. The third-order valence-electron chi connectivity index (χ3n) is 6.02. The second-order valence-electron chi connectivity index (χ2n) is 8.20. The molecule has 1 saturated carbocycles. The number of amides is 1. The van der Waals surface area contributed by atoms with Crippen LogP contribution >= 0.6 is 11.3 Å². The van der Waals surface area contributed by atoms with Gasteiger partial charge in [0.1, 0.15) is 23.1 Å². The Morgan fingerprint density at radius 3 is 2.53 bits per heavy atom. The van der Waals surface area contributed by atoms with E-state index in [0.29, 0.717) is 31.2 Å². The van der Waals surface area contributed by atoms with Crippen molar-refractivity contribution in [2.75, 3.05) is 38.2 Å². The van der Waals surface area contributed by atoms with Crippen LogP contribution in [-0.2, 0) is 6.61 Å². The number of aromatic nitrogens is 1. The quantitative estimate of drug-likeness (QED) is 0.529. The summed E-state index contributed by atoms with van der Waals surface area (Å²) in [5.74, 6) is 2.35. The Morgan fingerprint density at radius 1 is 1.06 bits per heavy atom. The minimum Gasteiger partial charge on any atom is -0.495 e. The van der Waals surface area contributed by atoms with Crippen LogP contribution in [0.1, 0.15) is 39.8 Å². The third kappa shape index (κ3) is 4.58. The maximum absolute atomic E-state index is 13.0. The van der Waals surface area contributed by atoms with E-state index in [2.05, 4.69) is 21.3 Å². The zero-order valence-electron chi connectivity index (χ0n) is 18.2. The molecule has 2 aliphatic rings. The highest BCUT2D eigenvalue weighted by atomic mass is 32.1. The van der Waals surface area contributed by atoms with Crippen molar-refractivity contribution in [2.45, 2.75) is 25.4 Å². The molecule has 2 fully saturated rings. The summed E-state index contributed by atoms with van der Waals surface area (Å²) in [5, 5.41) is 3.14. The highest BCUT2D eigenvalue weighted by Crippen LogP contribution is 2.40. The van der Waals surface area contributed by atoms with Crippen LogP contribution in [0, 0.1) is 0 Å². The standard InChI is InChI=1S/C25H27N3O3S/c1-30-23-5-3-2-4-22(23)27-12-14-28(15-13-27)25(29)19-8-10-20(11-9-19)31-16-24-26-21(17-32-24)18-6-7-18/h2-5,8-11,17-18H,6-7,12-16H2,1H3. The number of methoxy groups -OCH3 is 1. The van der Waals surface area contributed by atoms with Gasteiger partial charge in [-0.1, -0.05) is 12.1 Å². The number of hydrogen-bond acceptors (Lipinski definition) is 6. The van der Waals surface area contributed by atoms with Gasteiger partial charge in [0.25, 0.3) is 5.91 Å². The predicted molar refractivity (Wildman–Crippen MR) is 126 cm³/mol. The lowest BCUT2D eigenvalue weighted by atomic mass is 10.1. The molecule has 7 heteroatoms. The van der Waals surface area contributed by atoms with Crippen molar-refractivity contribution in [2.24, 2.45) is 0 Å². The second-order valence-corrected chi connectivity index (χ2v) is 9.15. The number of benzene rings is 2. The summed E-state index contributed by atoms with van der Waals surface area (Å²) in [5.41, 5.74) is 2.97. The molecule has 166 valence electrons. The molecule has 1 aliphatic heterocycles. The summed E-state index contributed by atoms with van der Waals surface area (Å²) >= 11 is 1.66. The largest absolute Gasteiger partial charge is 0.495 e. The van der Waals surface area contributed by atoms with Crippen molar-refractivity contribution in [1.82, 2.24) is 9.88 Å². The summed E-state index contributed by atoms with van der Waals surface area (Å²) in [6.45, 7) is 3.40. The van der Waals surface area contributed by atoms with Gasteiger partial charge in [-0.25, -0.2) is 4.98 Å². The van der Waals surface area contributed by atoms with Crippen molar-refractivity contribution in [3.05, 3.63) is 70.2 Å². The van der Waals surface area contributed by atoms with E-state index in [1.165, 1.54) is 18.5 Å². The molecule has 0 unspecified atom stereocenters. The van der Waals surface area contributed by atoms with Crippen LogP contribution in [0.2, 0.25) is 0 Å². The van der Waals surface area contributed by atoms with Crippen LogP contribution in [0.15, 0.2) is 53.9 Å². The van der Waals surface area contributed by atoms with Crippen LogP contribution in [0.3, 0.4) is 0 Å². The predicted octanol–water partition coefficient (Wildman–Crippen LogP) is 4.57. The molecule has 1 saturated heterocycles. The SMILES string of the molecule is COc1ccccc1N1CCN(C(=O)c2ccc(OCc3nc(C4CC4)cs3)cc2)CC1. The first-order valence-electron chi connectivity index (χ1n) is 11.1. The van der Waals surface area contributed by atoms with Gasteiger partial charge in [-0.2, -0.15) is 0 Å². The normalized spacial score (nSPS) is 16.2. The van der Waals surface area contributed by atoms with Crippen LogP contribution in [0.4, 0.5) is 5.69 Å². The summed E-state index contributed by atoms with van der Waals surface area (Å²) in [6, 6.07) is 15.5. The number of ether oxygens (including phenoxy) is 2. The molecular weight excluding hydrogens is 422 g/mol. The van der Waals surface area contributed by atoms with E-state index in [-0.39, 0.29) is 5.91 Å². The molecule has 32 heavy (non-hydrogen) atoms. The molecule has 2 aromatic carbocycles. The lowest BCUT2D eigenvalue weighted by Crippen LogP contribution is -2.48. The lowest BCUT2D eigenvalue weighted by Gasteiger charge is -2.36. The van der Waals surface area contributed by atoms with Gasteiger partial charge in [0.15, 0.2) is 0 Å². The zero-order chi connectivity index (χ0) is 21.9. The molecule has 1 aromatic heterocycles. The molecule has 0 bridgehead atoms. The molecular formula is C25H27N3O3S. The van der Waals surface area contributed by atoms with E-state index < -0.39 is 0 Å². The van der Waals surface area contributed by atoms with Crippen molar-refractivity contribution >= 4 is 22.9 Å². The first-order valence-corrected chi connectivity index (χ1v) is 11.9. The van der Waals surface area contributed by atoms with Crippen molar-refractivity contribution < 1.29 is 14.3 Å². The van der Waals surface area contributed by atoms with Gasteiger partial charge < -0.3 is 19.3 Å². The molecule has 5 rings (SSSR count). The average molecular weight is 450 g/mol. The van der Waals surface area contributed by atoms with Crippen molar-refractivity contribution in [3.63, 3.8) is 0 Å². The van der Waals surface area contributed by atoms with E-state index in [1.807, 2.05) is 47.4 Å². The number of hydrogen-bond donors (Lipinski definition) is 0. The van der Waals surface area contributed by atoms with Crippen LogP contribution in [0.25, 0.3) is 0 Å². The first kappa shape index (κ1) is 20.8. The Balaban J connectivity index is 1.14. The van der Waals surface area contributed by atoms with E-state index in [1.54, 1.807) is 18.4 Å². The summed E-state index contributed by atoms with van der Waals surface area (Å²) in [6.07, 6.45) is 2.52. The Morgan fingerprint density at radius 2 is 1.81 bits per heavy atom. The summed E-state index contributed by atoms with van der Waals surface area (Å²) in [4.78, 5) is 21.8. The highest BCUT2D eigenvalue weighted by Gasteiger charge is 2.26. The smallest absolute Gasteiger partial charge is 0.253 e. The van der Waals surface area contributed by atoms with Crippen LogP contribution < -0.4 is 14.4 Å². The summed E-state index contributed by atoms with van der Waals surface area (Å²) in [7, 11) is 1.69. The molecule has 2 heterocycles. The fraction of sp³-hybridized carbons (Fsp3) is 0.360. The third-order valence-corrected chi connectivity index (χ3v) is 6.86. The molecule has 6 nitrogen and oxygen atoms in total. The van der Waals surface area contributed by atoms with Gasteiger partial charge in [0.2, 0.25) is 0 Å². The van der Waals surface area contributed by atoms with Gasteiger partial charge in [-0.05, 0) is 49.2 Å². The molecule has 0 N–H and O–H groups in total. The molecule has 1 aliphatic carbocycles. The first-order chi connectivity index (χ1) is 15.7. The van der Waals surface area contributed by atoms with Crippen molar-refractivity contribution in [1.29, 1.82) is 0 Å². The minimum absolute atomic E-state index is 0.0604. The molecule has 0 spiro atoms. The van der Waals surface area contributed by atoms with Gasteiger partial charge in [0.05, 0.1) is 18.5 Å². The van der Waals surface area contributed by atoms with Gasteiger partial charge in [-0.3, -0.25) is 4.79 Å². The highest BCUT2D eigenvalue weighted by molar-refractivity contribution is 7.09. The number of carbonyl (C=O) groups excluding carboxylic acids is 1. The molecule has 0 atom stereocenters. The van der Waals surface area contributed by atoms with Crippen LogP contribution in [-0.4, -0.2) is 49.1 Å². The van der Waals surface area contributed by atoms with Crippen molar-refractivity contribution in [3.8, 4) is 11.5 Å². The van der Waals surface area contributed by atoms with E-state index in [0.717, 1.165) is 35.3 Å². The fourth-order valence-corrected chi connectivity index (χ4v) is 4.81. The van der Waals surface area contributed by atoms with Gasteiger partial charge >= 0.3 is 0 Å². The maximum Gasteiger partial charge on any atom is 0.253 e. The Labute approximate surface area is 192 Å². The van der Waals surface area contributed by atoms with E-state index in [4.69, 9.17) is 9.47 Å². The maximum atomic E-state index is 13.0. The average Bonchev–Trinajstić information content (AvgIpc) is 3.60. The fourth-order valence-electron chi connectivity index (χ4n) is 4.02. The number of carbonyl (C=O) groups is 1. The number of nitrogens with zero attached hydrogens (tertiary/aromatic N) is 3. The second kappa shape index (κ2) is 9.20. The van der Waals surface area contributed by atoms with E-state index >= 15 is 0 Å². The van der Waals surface area contributed by atoms with Gasteiger partial charge in [-0.15, -0.1) is 11.3 Å². The number of anilines is 1. The summed E-state index contributed by atoms with van der Waals surface area (Å²) < 4.78 is 11.4. The minimum atomic E-state index is 0.0604.